The van der Waals surface area contributed by atoms with E-state index in [0.717, 1.165) is 5.56 Å². The smallest absolute Gasteiger partial charge is 0.266 e. The van der Waals surface area contributed by atoms with Crippen molar-refractivity contribution in [3.8, 4) is 17.5 Å². The van der Waals surface area contributed by atoms with Crippen LogP contribution in [-0.2, 0) is 5.75 Å². The Bertz CT molecular complexity index is 1330. The van der Waals surface area contributed by atoms with Crippen LogP contribution in [0.15, 0.2) is 76.7 Å². The number of nitriles is 1. The first-order valence-electron chi connectivity index (χ1n) is 9.08. The largest absolute Gasteiger partial charge is 0.495 e. The number of hydrogen-bond acceptors (Lipinski definition) is 5. The van der Waals surface area contributed by atoms with E-state index in [1.54, 1.807) is 42.0 Å². The molecule has 0 aliphatic heterocycles. The summed E-state index contributed by atoms with van der Waals surface area (Å²) in [6.07, 6.45) is 0. The predicted octanol–water partition coefficient (Wildman–Crippen LogP) is 5.21. The average molecular weight is 434 g/mol. The van der Waals surface area contributed by atoms with Gasteiger partial charge in [0, 0.05) is 10.8 Å². The van der Waals surface area contributed by atoms with Gasteiger partial charge in [0.25, 0.3) is 5.56 Å². The lowest BCUT2D eigenvalue weighted by Gasteiger charge is -2.16. The Labute approximate surface area is 182 Å². The SMILES string of the molecule is COc1ccccc1-n1c(SCc2ccc(C#N)cc2)nc2cc(Cl)ccc2c1=O. The number of thioether (sulfide) groups is 1. The maximum atomic E-state index is 13.4. The molecule has 0 aliphatic rings. The lowest BCUT2D eigenvalue weighted by molar-refractivity contribution is 0.411. The van der Waals surface area contributed by atoms with E-state index in [1.165, 1.54) is 11.8 Å². The van der Waals surface area contributed by atoms with E-state index in [4.69, 9.17) is 26.6 Å². The molecule has 0 fully saturated rings. The Morgan fingerprint density at radius 3 is 2.63 bits per heavy atom. The van der Waals surface area contributed by atoms with Crippen LogP contribution >= 0.6 is 23.4 Å². The first-order valence-corrected chi connectivity index (χ1v) is 10.4. The molecule has 0 unspecified atom stereocenters. The summed E-state index contributed by atoms with van der Waals surface area (Å²) >= 11 is 7.56. The quantitative estimate of drug-likeness (QED) is 0.319. The fourth-order valence-electron chi connectivity index (χ4n) is 3.09. The third kappa shape index (κ3) is 3.90. The number of aromatic nitrogens is 2. The fourth-order valence-corrected chi connectivity index (χ4v) is 4.21. The highest BCUT2D eigenvalue weighted by Crippen LogP contribution is 2.29. The summed E-state index contributed by atoms with van der Waals surface area (Å²) < 4.78 is 7.05. The molecule has 1 aromatic heterocycles. The van der Waals surface area contributed by atoms with Crippen LogP contribution < -0.4 is 10.3 Å². The van der Waals surface area contributed by atoms with Crippen LogP contribution in [0.5, 0.6) is 5.75 Å². The van der Waals surface area contributed by atoms with Crippen molar-refractivity contribution in [3.05, 3.63) is 93.2 Å². The zero-order valence-corrected chi connectivity index (χ0v) is 17.6. The number of halogens is 1. The number of fused-ring (bicyclic) bond motifs is 1. The number of benzene rings is 3. The number of methoxy groups -OCH3 is 1. The minimum Gasteiger partial charge on any atom is -0.495 e. The van der Waals surface area contributed by atoms with E-state index >= 15 is 0 Å². The van der Waals surface area contributed by atoms with Gasteiger partial charge in [-0.05, 0) is 48.0 Å². The molecule has 0 spiro atoms. The summed E-state index contributed by atoms with van der Waals surface area (Å²) in [6, 6.07) is 21.9. The number of nitrogens with zero attached hydrogens (tertiary/aromatic N) is 3. The zero-order valence-electron chi connectivity index (χ0n) is 16.0. The van der Waals surface area contributed by atoms with E-state index in [-0.39, 0.29) is 5.56 Å². The minimum atomic E-state index is -0.191. The van der Waals surface area contributed by atoms with Crippen molar-refractivity contribution < 1.29 is 4.74 Å². The Balaban J connectivity index is 1.85. The molecule has 148 valence electrons. The Kier molecular flexibility index (Phi) is 5.75. The van der Waals surface area contributed by atoms with Crippen LogP contribution in [0.3, 0.4) is 0 Å². The van der Waals surface area contributed by atoms with Crippen LogP contribution in [0.25, 0.3) is 16.6 Å². The molecule has 0 N–H and O–H groups in total. The Morgan fingerprint density at radius 1 is 1.13 bits per heavy atom. The monoisotopic (exact) mass is 433 g/mol. The van der Waals surface area contributed by atoms with Crippen molar-refractivity contribution >= 4 is 34.3 Å². The molecule has 4 rings (SSSR count). The summed E-state index contributed by atoms with van der Waals surface area (Å²) in [5.41, 5.74) is 2.60. The second-order valence-corrected chi connectivity index (χ2v) is 7.84. The van der Waals surface area contributed by atoms with Crippen LogP contribution in [-0.4, -0.2) is 16.7 Å². The van der Waals surface area contributed by atoms with Crippen molar-refractivity contribution in [1.29, 1.82) is 5.26 Å². The maximum absolute atomic E-state index is 13.4. The first kappa shape index (κ1) is 20.0. The van der Waals surface area contributed by atoms with E-state index < -0.39 is 0 Å². The minimum absolute atomic E-state index is 0.191. The third-order valence-electron chi connectivity index (χ3n) is 4.58. The van der Waals surface area contributed by atoms with Gasteiger partial charge in [-0.25, -0.2) is 4.98 Å². The molecule has 3 aromatic carbocycles. The first-order chi connectivity index (χ1) is 14.6. The van der Waals surface area contributed by atoms with Gasteiger partial charge in [-0.2, -0.15) is 5.26 Å². The van der Waals surface area contributed by atoms with E-state index in [2.05, 4.69) is 6.07 Å². The number of rotatable bonds is 5. The third-order valence-corrected chi connectivity index (χ3v) is 5.82. The lowest BCUT2D eigenvalue weighted by Crippen LogP contribution is -2.22. The molecule has 30 heavy (non-hydrogen) atoms. The van der Waals surface area contributed by atoms with Gasteiger partial charge in [0.1, 0.15) is 5.75 Å². The molecule has 0 atom stereocenters. The highest BCUT2D eigenvalue weighted by Gasteiger charge is 2.16. The summed E-state index contributed by atoms with van der Waals surface area (Å²) in [7, 11) is 1.57. The highest BCUT2D eigenvalue weighted by atomic mass is 35.5. The summed E-state index contributed by atoms with van der Waals surface area (Å²) in [5, 5.41) is 10.5. The van der Waals surface area contributed by atoms with E-state index in [9.17, 15) is 4.79 Å². The Morgan fingerprint density at radius 2 is 1.90 bits per heavy atom. The van der Waals surface area contributed by atoms with Gasteiger partial charge in [-0.1, -0.05) is 47.6 Å². The molecular formula is C23H16ClN3O2S. The number of hydrogen-bond donors (Lipinski definition) is 0. The normalized spacial score (nSPS) is 10.7. The molecular weight excluding hydrogens is 418 g/mol. The molecule has 0 saturated heterocycles. The van der Waals surface area contributed by atoms with Gasteiger partial charge in [-0.3, -0.25) is 9.36 Å². The van der Waals surface area contributed by atoms with Crippen molar-refractivity contribution in [2.75, 3.05) is 7.11 Å². The van der Waals surface area contributed by atoms with Crippen molar-refractivity contribution in [2.24, 2.45) is 0 Å². The molecule has 0 saturated carbocycles. The van der Waals surface area contributed by atoms with Crippen LogP contribution in [0.2, 0.25) is 5.02 Å². The summed E-state index contributed by atoms with van der Waals surface area (Å²) in [4.78, 5) is 18.1. The fraction of sp³-hybridized carbons (Fsp3) is 0.0870. The zero-order chi connectivity index (χ0) is 21.1. The molecule has 0 radical (unpaired) electrons. The highest BCUT2D eigenvalue weighted by molar-refractivity contribution is 7.98. The summed E-state index contributed by atoms with van der Waals surface area (Å²) in [5.74, 6) is 1.16. The van der Waals surface area contributed by atoms with Crippen molar-refractivity contribution in [1.82, 2.24) is 9.55 Å². The van der Waals surface area contributed by atoms with E-state index in [0.29, 0.717) is 43.8 Å². The topological polar surface area (TPSA) is 67.9 Å². The van der Waals surface area contributed by atoms with Crippen LogP contribution in [0.1, 0.15) is 11.1 Å². The molecule has 5 nitrogen and oxygen atoms in total. The molecule has 0 aliphatic carbocycles. The average Bonchev–Trinajstić information content (AvgIpc) is 2.78. The van der Waals surface area contributed by atoms with E-state index in [1.807, 2.05) is 36.4 Å². The predicted molar refractivity (Wildman–Crippen MR) is 120 cm³/mol. The lowest BCUT2D eigenvalue weighted by atomic mass is 10.2. The van der Waals surface area contributed by atoms with Crippen molar-refractivity contribution in [3.63, 3.8) is 0 Å². The molecule has 0 amide bonds. The van der Waals surface area contributed by atoms with Crippen LogP contribution in [0, 0.1) is 11.3 Å². The molecule has 4 aromatic rings. The number of ether oxygens (including phenoxy) is 1. The standard InChI is InChI=1S/C23H16ClN3O2S/c1-29-21-5-3-2-4-20(21)27-22(28)18-11-10-17(24)12-19(18)26-23(27)30-14-16-8-6-15(13-25)7-9-16/h2-12H,14H2,1H3. The summed E-state index contributed by atoms with van der Waals surface area (Å²) in [6.45, 7) is 0. The van der Waals surface area contributed by atoms with Gasteiger partial charge in [0.2, 0.25) is 0 Å². The molecule has 1 heterocycles. The second-order valence-electron chi connectivity index (χ2n) is 6.47. The van der Waals surface area contributed by atoms with Gasteiger partial charge >= 0.3 is 0 Å². The van der Waals surface area contributed by atoms with Gasteiger partial charge in [-0.15, -0.1) is 0 Å². The van der Waals surface area contributed by atoms with Gasteiger partial charge in [0.05, 0.1) is 35.3 Å². The maximum Gasteiger partial charge on any atom is 0.266 e. The van der Waals surface area contributed by atoms with Crippen molar-refractivity contribution in [2.45, 2.75) is 10.9 Å². The second kappa shape index (κ2) is 8.62. The molecule has 0 bridgehead atoms. The van der Waals surface area contributed by atoms with Crippen LogP contribution in [0.4, 0.5) is 0 Å². The molecule has 7 heteroatoms. The number of para-hydroxylation sites is 2. The Hall–Kier alpha value is -3.27. The van der Waals surface area contributed by atoms with Gasteiger partial charge in [0.15, 0.2) is 5.16 Å². The van der Waals surface area contributed by atoms with Gasteiger partial charge < -0.3 is 4.74 Å².